The Kier molecular flexibility index (Phi) is 6.55. The Balaban J connectivity index is 2.52. The van der Waals surface area contributed by atoms with Crippen molar-refractivity contribution < 1.29 is 13.5 Å². The molecule has 0 aromatic carbocycles. The maximum atomic E-state index is 12.1. The predicted octanol–water partition coefficient (Wildman–Crippen LogP) is 0.961. The second-order valence-corrected chi connectivity index (χ2v) is 6.84. The van der Waals surface area contributed by atoms with Gasteiger partial charge < -0.3 is 5.11 Å². The van der Waals surface area contributed by atoms with Crippen molar-refractivity contribution in [2.45, 2.75) is 39.5 Å². The molecule has 1 unspecified atom stereocenters. The Labute approximate surface area is 111 Å². The van der Waals surface area contributed by atoms with Crippen molar-refractivity contribution in [2.75, 3.05) is 26.2 Å². The van der Waals surface area contributed by atoms with Crippen LogP contribution in [0, 0.1) is 11.8 Å². The molecule has 1 aliphatic heterocycles. The lowest BCUT2D eigenvalue weighted by atomic mass is 10.0. The molecule has 0 aromatic rings. The van der Waals surface area contributed by atoms with E-state index in [1.54, 1.807) is 0 Å². The normalized spacial score (nSPS) is 22.6. The average molecular weight is 278 g/mol. The number of nitrogens with zero attached hydrogens (tertiary/aromatic N) is 1. The van der Waals surface area contributed by atoms with Crippen molar-refractivity contribution in [2.24, 2.45) is 11.8 Å². The molecule has 1 rings (SSSR count). The molecule has 0 aliphatic carbocycles. The first-order chi connectivity index (χ1) is 8.53. The van der Waals surface area contributed by atoms with Crippen LogP contribution in [0.2, 0.25) is 0 Å². The number of hydrogen-bond acceptors (Lipinski definition) is 3. The van der Waals surface area contributed by atoms with E-state index in [1.807, 2.05) is 0 Å². The Bertz CT molecular complexity index is 328. The van der Waals surface area contributed by atoms with Gasteiger partial charge in [-0.2, -0.15) is 12.7 Å². The van der Waals surface area contributed by atoms with Crippen LogP contribution in [0.3, 0.4) is 0 Å². The third-order valence-electron chi connectivity index (χ3n) is 3.79. The molecular weight excluding hydrogens is 252 g/mol. The van der Waals surface area contributed by atoms with E-state index in [2.05, 4.69) is 18.6 Å². The Morgan fingerprint density at radius 2 is 2.06 bits per heavy atom. The lowest BCUT2D eigenvalue weighted by molar-refractivity contribution is 0.164. The fourth-order valence-corrected chi connectivity index (χ4v) is 3.69. The zero-order valence-electron chi connectivity index (χ0n) is 11.4. The SMILES string of the molecule is CCC(CC)CNS(=O)(=O)N1CCCC(CO)C1. The van der Waals surface area contributed by atoms with Crippen LogP contribution < -0.4 is 4.72 Å². The van der Waals surface area contributed by atoms with Crippen LogP contribution in [0.4, 0.5) is 0 Å². The zero-order chi connectivity index (χ0) is 13.6. The van der Waals surface area contributed by atoms with E-state index >= 15 is 0 Å². The summed E-state index contributed by atoms with van der Waals surface area (Å²) in [5, 5.41) is 9.13. The van der Waals surface area contributed by atoms with Crippen molar-refractivity contribution in [3.63, 3.8) is 0 Å². The molecule has 2 N–H and O–H groups in total. The van der Waals surface area contributed by atoms with E-state index in [9.17, 15) is 8.42 Å². The minimum atomic E-state index is -3.37. The van der Waals surface area contributed by atoms with Gasteiger partial charge in [0.15, 0.2) is 0 Å². The van der Waals surface area contributed by atoms with Gasteiger partial charge in [0.05, 0.1) is 0 Å². The first kappa shape index (κ1) is 15.9. The third-order valence-corrected chi connectivity index (χ3v) is 5.33. The van der Waals surface area contributed by atoms with E-state index < -0.39 is 10.2 Å². The number of piperidine rings is 1. The molecule has 1 atom stereocenters. The van der Waals surface area contributed by atoms with Crippen LogP contribution in [0.1, 0.15) is 39.5 Å². The molecule has 1 fully saturated rings. The van der Waals surface area contributed by atoms with Gasteiger partial charge in [0.1, 0.15) is 0 Å². The third kappa shape index (κ3) is 4.50. The molecule has 1 heterocycles. The molecule has 6 heteroatoms. The first-order valence-electron chi connectivity index (χ1n) is 6.89. The quantitative estimate of drug-likeness (QED) is 0.729. The fraction of sp³-hybridized carbons (Fsp3) is 1.00. The van der Waals surface area contributed by atoms with Gasteiger partial charge in [-0.15, -0.1) is 0 Å². The number of nitrogens with one attached hydrogen (secondary N) is 1. The highest BCUT2D eigenvalue weighted by atomic mass is 32.2. The topological polar surface area (TPSA) is 69.6 Å². The number of aliphatic hydroxyl groups excluding tert-OH is 1. The van der Waals surface area contributed by atoms with E-state index in [0.29, 0.717) is 25.6 Å². The maximum Gasteiger partial charge on any atom is 0.279 e. The molecule has 5 nitrogen and oxygen atoms in total. The van der Waals surface area contributed by atoms with Gasteiger partial charge in [-0.1, -0.05) is 26.7 Å². The second-order valence-electron chi connectivity index (χ2n) is 5.08. The molecule has 0 spiro atoms. The summed E-state index contributed by atoms with van der Waals surface area (Å²) in [6, 6.07) is 0. The highest BCUT2D eigenvalue weighted by Crippen LogP contribution is 2.18. The molecule has 0 amide bonds. The monoisotopic (exact) mass is 278 g/mol. The van der Waals surface area contributed by atoms with Gasteiger partial charge >= 0.3 is 0 Å². The maximum absolute atomic E-state index is 12.1. The molecular formula is C12H26N2O3S. The van der Waals surface area contributed by atoms with Crippen LogP contribution in [0.5, 0.6) is 0 Å². The first-order valence-corrected chi connectivity index (χ1v) is 8.33. The van der Waals surface area contributed by atoms with Crippen LogP contribution in [0.15, 0.2) is 0 Å². The van der Waals surface area contributed by atoms with Crippen molar-refractivity contribution >= 4 is 10.2 Å². The summed E-state index contributed by atoms with van der Waals surface area (Å²) < 4.78 is 28.4. The summed E-state index contributed by atoms with van der Waals surface area (Å²) >= 11 is 0. The summed E-state index contributed by atoms with van der Waals surface area (Å²) in [5.74, 6) is 0.488. The van der Waals surface area contributed by atoms with Crippen LogP contribution >= 0.6 is 0 Å². The van der Waals surface area contributed by atoms with Gasteiger partial charge in [0.25, 0.3) is 10.2 Å². The fourth-order valence-electron chi connectivity index (χ4n) is 2.29. The van der Waals surface area contributed by atoms with Crippen molar-refractivity contribution in [3.8, 4) is 0 Å². The van der Waals surface area contributed by atoms with E-state index in [4.69, 9.17) is 5.11 Å². The molecule has 0 bridgehead atoms. The van der Waals surface area contributed by atoms with Crippen molar-refractivity contribution in [1.29, 1.82) is 0 Å². The number of aliphatic hydroxyl groups is 1. The Morgan fingerprint density at radius 3 is 2.61 bits per heavy atom. The van der Waals surface area contributed by atoms with Crippen molar-refractivity contribution in [1.82, 2.24) is 9.03 Å². The van der Waals surface area contributed by atoms with Crippen LogP contribution in [-0.4, -0.2) is 44.1 Å². The van der Waals surface area contributed by atoms with Crippen LogP contribution in [0.25, 0.3) is 0 Å². The summed E-state index contributed by atoms with van der Waals surface area (Å²) in [6.45, 7) is 5.73. The Morgan fingerprint density at radius 1 is 1.39 bits per heavy atom. The highest BCUT2D eigenvalue weighted by molar-refractivity contribution is 7.87. The lowest BCUT2D eigenvalue weighted by Gasteiger charge is -2.31. The zero-order valence-corrected chi connectivity index (χ0v) is 12.2. The van der Waals surface area contributed by atoms with Gasteiger partial charge in [-0.3, -0.25) is 0 Å². The number of hydrogen-bond donors (Lipinski definition) is 2. The second kappa shape index (κ2) is 7.43. The smallest absolute Gasteiger partial charge is 0.279 e. The molecule has 0 aromatic heterocycles. The highest BCUT2D eigenvalue weighted by Gasteiger charge is 2.28. The summed E-state index contributed by atoms with van der Waals surface area (Å²) in [5.41, 5.74) is 0. The number of rotatable bonds is 7. The average Bonchev–Trinajstić information content (AvgIpc) is 2.40. The van der Waals surface area contributed by atoms with Crippen LogP contribution in [-0.2, 0) is 10.2 Å². The largest absolute Gasteiger partial charge is 0.396 e. The standard InChI is InChI=1S/C12H26N2O3S/c1-3-11(4-2)8-13-18(16,17)14-7-5-6-12(9-14)10-15/h11-13,15H,3-10H2,1-2H3. The van der Waals surface area contributed by atoms with E-state index in [-0.39, 0.29) is 12.5 Å². The molecule has 1 aliphatic rings. The molecule has 18 heavy (non-hydrogen) atoms. The van der Waals surface area contributed by atoms with Gasteiger partial charge in [0.2, 0.25) is 0 Å². The molecule has 1 saturated heterocycles. The molecule has 0 saturated carbocycles. The van der Waals surface area contributed by atoms with Gasteiger partial charge in [-0.05, 0) is 24.7 Å². The van der Waals surface area contributed by atoms with Gasteiger partial charge in [0, 0.05) is 26.2 Å². The van der Waals surface area contributed by atoms with E-state index in [1.165, 1.54) is 4.31 Å². The van der Waals surface area contributed by atoms with Crippen molar-refractivity contribution in [3.05, 3.63) is 0 Å². The summed E-state index contributed by atoms with van der Waals surface area (Å²) in [4.78, 5) is 0. The molecule has 108 valence electrons. The van der Waals surface area contributed by atoms with Gasteiger partial charge in [-0.25, -0.2) is 4.72 Å². The summed E-state index contributed by atoms with van der Waals surface area (Å²) in [6.07, 6.45) is 3.71. The Hall–Kier alpha value is -0.170. The predicted molar refractivity (Wildman–Crippen MR) is 72.4 cm³/mol. The lowest BCUT2D eigenvalue weighted by Crippen LogP contribution is -2.47. The minimum Gasteiger partial charge on any atom is -0.396 e. The summed E-state index contributed by atoms with van der Waals surface area (Å²) in [7, 11) is -3.37. The molecule has 0 radical (unpaired) electrons. The van der Waals surface area contributed by atoms with E-state index in [0.717, 1.165) is 25.7 Å². The minimum absolute atomic E-state index is 0.0680.